The number of amides is 2. The number of cyclic esters (lactones) is 1. The molecule has 1 aromatic carbocycles. The Morgan fingerprint density at radius 1 is 1.37 bits per heavy atom. The molecular weight excluding hydrogens is 393 g/mol. The first-order valence-corrected chi connectivity index (χ1v) is 8.78. The number of aromatic nitrogens is 3. The minimum Gasteiger partial charge on any atom is -0.442 e. The van der Waals surface area contributed by atoms with Crippen LogP contribution in [0.1, 0.15) is 25.0 Å². The van der Waals surface area contributed by atoms with Crippen molar-refractivity contribution in [1.29, 1.82) is 0 Å². The van der Waals surface area contributed by atoms with Crippen molar-refractivity contribution in [3.63, 3.8) is 0 Å². The Balaban J connectivity index is 0.00000256. The molecule has 0 aliphatic carbocycles. The van der Waals surface area contributed by atoms with E-state index in [1.165, 1.54) is 22.4 Å². The lowest BCUT2D eigenvalue weighted by molar-refractivity contribution is -0.119. The van der Waals surface area contributed by atoms with Crippen molar-refractivity contribution in [3.05, 3.63) is 48.2 Å². The summed E-state index contributed by atoms with van der Waals surface area (Å²) in [6.07, 6.45) is 1.01. The van der Waals surface area contributed by atoms with Crippen molar-refractivity contribution in [2.75, 3.05) is 18.0 Å². The van der Waals surface area contributed by atoms with Gasteiger partial charge in [0.2, 0.25) is 11.7 Å². The highest BCUT2D eigenvalue weighted by molar-refractivity contribution is 5.90. The van der Waals surface area contributed by atoms with Crippen molar-refractivity contribution in [1.82, 2.24) is 19.9 Å². The summed E-state index contributed by atoms with van der Waals surface area (Å²) in [4.78, 5) is 39.2. The third kappa shape index (κ3) is 3.97. The number of hydrogen-bond donors (Lipinski definition) is 1. The Kier molecular flexibility index (Phi) is 5.77. The maximum atomic E-state index is 14.8. The molecule has 0 saturated carbocycles. The van der Waals surface area contributed by atoms with Crippen molar-refractivity contribution in [2.45, 2.75) is 20.5 Å². The van der Waals surface area contributed by atoms with Gasteiger partial charge in [-0.25, -0.2) is 18.7 Å². The minimum absolute atomic E-state index is 0. The van der Waals surface area contributed by atoms with Crippen LogP contribution in [0.2, 0.25) is 0 Å². The second kappa shape index (κ2) is 8.27. The molecule has 0 radical (unpaired) electrons. The van der Waals surface area contributed by atoms with Gasteiger partial charge in [0.15, 0.2) is 11.9 Å². The molecule has 3 aromatic rings. The molecule has 30 heavy (non-hydrogen) atoms. The molecule has 1 aliphatic heterocycles. The van der Waals surface area contributed by atoms with Crippen molar-refractivity contribution in [2.24, 2.45) is 0 Å². The zero-order valence-electron chi connectivity index (χ0n) is 15.3. The van der Waals surface area contributed by atoms with Gasteiger partial charge in [0.05, 0.1) is 18.8 Å². The highest BCUT2D eigenvalue weighted by Gasteiger charge is 2.32. The number of halogens is 1. The number of ether oxygens (including phenoxy) is 1. The SMILES string of the molecule is C.CC(=O)NC[C@H]1CN(c2ccc(-c3ccc4nc(C=O)nn4c3)c(F)c2)C(=O)O1. The van der Waals surface area contributed by atoms with E-state index in [1.807, 2.05) is 0 Å². The molecule has 2 aromatic heterocycles. The van der Waals surface area contributed by atoms with E-state index in [9.17, 15) is 18.8 Å². The molecule has 1 fully saturated rings. The summed E-state index contributed by atoms with van der Waals surface area (Å²) >= 11 is 0. The third-order valence-electron chi connectivity index (χ3n) is 4.48. The lowest BCUT2D eigenvalue weighted by Crippen LogP contribution is -2.33. The molecule has 10 heteroatoms. The minimum atomic E-state index is -0.599. The summed E-state index contributed by atoms with van der Waals surface area (Å²) in [6.45, 7) is 1.77. The van der Waals surface area contributed by atoms with Crippen LogP contribution in [0.3, 0.4) is 0 Å². The van der Waals surface area contributed by atoms with Gasteiger partial charge in [0.1, 0.15) is 11.9 Å². The van der Waals surface area contributed by atoms with E-state index in [4.69, 9.17) is 4.74 Å². The summed E-state index contributed by atoms with van der Waals surface area (Å²) in [5.41, 5.74) is 1.67. The summed E-state index contributed by atoms with van der Waals surface area (Å²) in [5, 5.41) is 6.58. The summed E-state index contributed by atoms with van der Waals surface area (Å²) in [5.74, 6) is -0.713. The maximum absolute atomic E-state index is 14.8. The first-order chi connectivity index (χ1) is 13.9. The smallest absolute Gasteiger partial charge is 0.414 e. The van der Waals surface area contributed by atoms with Crippen LogP contribution in [0.4, 0.5) is 14.9 Å². The average molecular weight is 413 g/mol. The van der Waals surface area contributed by atoms with Gasteiger partial charge in [0.25, 0.3) is 0 Å². The number of benzene rings is 1. The number of nitrogens with zero attached hydrogens (tertiary/aromatic N) is 4. The Bertz CT molecular complexity index is 1130. The predicted octanol–water partition coefficient (Wildman–Crippen LogP) is 2.45. The molecule has 1 atom stereocenters. The number of pyridine rings is 1. The number of rotatable bonds is 5. The van der Waals surface area contributed by atoms with E-state index < -0.39 is 18.0 Å². The molecule has 2 amide bonds. The molecule has 9 nitrogen and oxygen atoms in total. The topological polar surface area (TPSA) is 106 Å². The number of aldehydes is 1. The third-order valence-corrected chi connectivity index (χ3v) is 4.48. The summed E-state index contributed by atoms with van der Waals surface area (Å²) in [7, 11) is 0. The zero-order valence-corrected chi connectivity index (χ0v) is 15.3. The Morgan fingerprint density at radius 3 is 2.87 bits per heavy atom. The fraction of sp³-hybridized carbons (Fsp3) is 0.250. The first kappa shape index (κ1) is 20.9. The van der Waals surface area contributed by atoms with E-state index in [0.717, 1.165) is 0 Å². The monoisotopic (exact) mass is 413 g/mol. The zero-order chi connectivity index (χ0) is 20.5. The Hall–Kier alpha value is -3.82. The largest absolute Gasteiger partial charge is 0.442 e. The van der Waals surface area contributed by atoms with Crippen molar-refractivity contribution >= 4 is 29.6 Å². The molecule has 1 aliphatic rings. The second-order valence-corrected chi connectivity index (χ2v) is 6.53. The van der Waals surface area contributed by atoms with Crippen LogP contribution in [0, 0.1) is 5.82 Å². The van der Waals surface area contributed by atoms with Gasteiger partial charge in [-0.2, -0.15) is 0 Å². The predicted molar refractivity (Wildman–Crippen MR) is 107 cm³/mol. The van der Waals surface area contributed by atoms with Gasteiger partial charge in [-0.05, 0) is 30.3 Å². The first-order valence-electron chi connectivity index (χ1n) is 8.78. The van der Waals surface area contributed by atoms with E-state index in [-0.39, 0.29) is 32.2 Å². The van der Waals surface area contributed by atoms with Crippen LogP contribution in [0.15, 0.2) is 36.5 Å². The number of carbonyl (C=O) groups excluding carboxylic acids is 3. The van der Waals surface area contributed by atoms with E-state index in [0.29, 0.717) is 28.7 Å². The highest BCUT2D eigenvalue weighted by atomic mass is 19.1. The van der Waals surface area contributed by atoms with Gasteiger partial charge in [-0.1, -0.05) is 7.43 Å². The van der Waals surface area contributed by atoms with Gasteiger partial charge in [0, 0.05) is 24.2 Å². The van der Waals surface area contributed by atoms with Gasteiger partial charge in [-0.15, -0.1) is 5.10 Å². The van der Waals surface area contributed by atoms with E-state index in [2.05, 4.69) is 15.4 Å². The normalized spacial score (nSPS) is 15.6. The van der Waals surface area contributed by atoms with E-state index >= 15 is 0 Å². The highest BCUT2D eigenvalue weighted by Crippen LogP contribution is 2.29. The molecule has 0 spiro atoms. The molecule has 0 unspecified atom stereocenters. The quantitative estimate of drug-likeness (QED) is 0.644. The van der Waals surface area contributed by atoms with Crippen LogP contribution in [0.5, 0.6) is 0 Å². The number of nitrogens with one attached hydrogen (secondary N) is 1. The molecule has 1 N–H and O–H groups in total. The Labute approximate surface area is 171 Å². The van der Waals surface area contributed by atoms with Gasteiger partial charge in [-0.3, -0.25) is 14.5 Å². The number of hydrogen-bond acceptors (Lipinski definition) is 6. The Morgan fingerprint density at radius 2 is 2.17 bits per heavy atom. The summed E-state index contributed by atoms with van der Waals surface area (Å²) < 4.78 is 21.4. The molecular formula is C20H20FN5O4. The number of anilines is 1. The molecule has 3 heterocycles. The molecule has 1 saturated heterocycles. The van der Waals surface area contributed by atoms with Gasteiger partial charge >= 0.3 is 6.09 Å². The molecule has 0 bridgehead atoms. The lowest BCUT2D eigenvalue weighted by atomic mass is 10.1. The standard InChI is InChI=1S/C19H16FN5O4.CH4/c1-11(27)21-7-14-9-24(19(28)29-14)13-3-4-15(16(20)6-13)12-2-5-18-22-17(10-26)23-25(18)8-12;/h2-6,8,10,14H,7,9H2,1H3,(H,21,27);1H4/t14-;/m0./s1. The van der Waals surface area contributed by atoms with Crippen LogP contribution >= 0.6 is 0 Å². The van der Waals surface area contributed by atoms with Crippen LogP contribution in [-0.4, -0.2) is 52.1 Å². The number of fused-ring (bicyclic) bond motifs is 1. The second-order valence-electron chi connectivity index (χ2n) is 6.53. The van der Waals surface area contributed by atoms with Crippen LogP contribution < -0.4 is 10.2 Å². The van der Waals surface area contributed by atoms with Gasteiger partial charge < -0.3 is 10.1 Å². The summed E-state index contributed by atoms with van der Waals surface area (Å²) in [6, 6.07) is 7.72. The maximum Gasteiger partial charge on any atom is 0.414 e. The fourth-order valence-electron chi connectivity index (χ4n) is 3.11. The lowest BCUT2D eigenvalue weighted by Gasteiger charge is -2.14. The van der Waals surface area contributed by atoms with Crippen molar-refractivity contribution < 1.29 is 23.5 Å². The number of carbonyl (C=O) groups is 3. The van der Waals surface area contributed by atoms with Crippen LogP contribution in [-0.2, 0) is 9.53 Å². The van der Waals surface area contributed by atoms with E-state index in [1.54, 1.807) is 30.5 Å². The average Bonchev–Trinajstić information content (AvgIpc) is 3.28. The van der Waals surface area contributed by atoms with Crippen LogP contribution in [0.25, 0.3) is 16.8 Å². The fourth-order valence-corrected chi connectivity index (χ4v) is 3.11. The molecule has 156 valence electrons. The van der Waals surface area contributed by atoms with Crippen molar-refractivity contribution in [3.8, 4) is 11.1 Å². The molecule has 4 rings (SSSR count).